The average molecular weight is 441 g/mol. The number of para-hydroxylation sites is 1. The Bertz CT molecular complexity index is 691. The van der Waals surface area contributed by atoms with E-state index in [-0.39, 0.29) is 10.7 Å². The molecule has 0 aliphatic carbocycles. The minimum absolute atomic E-state index is 0.200. The summed E-state index contributed by atoms with van der Waals surface area (Å²) in [5.41, 5.74) is 1.71. The van der Waals surface area contributed by atoms with Gasteiger partial charge in [-0.3, -0.25) is 4.79 Å². The molecule has 1 amide bonds. The third-order valence-electron chi connectivity index (χ3n) is 3.22. The molecular weight excluding hydrogens is 426 g/mol. The summed E-state index contributed by atoms with van der Waals surface area (Å²) in [7, 11) is 1.30. The molecule has 0 saturated carbocycles. The number of nitrogens with one attached hydrogen (secondary N) is 1. The number of rotatable bonds is 5. The number of amides is 1. The van der Waals surface area contributed by atoms with Crippen molar-refractivity contribution in [3.63, 3.8) is 0 Å². The summed E-state index contributed by atoms with van der Waals surface area (Å²) >= 11 is 6.93. The molecule has 0 aliphatic rings. The van der Waals surface area contributed by atoms with Crippen LogP contribution in [0.15, 0.2) is 54.6 Å². The first-order valence-electron chi connectivity index (χ1n) is 6.86. The van der Waals surface area contributed by atoms with Crippen LogP contribution in [0.25, 0.3) is 0 Å². The molecule has 2 aromatic carbocycles. The summed E-state index contributed by atoms with van der Waals surface area (Å²) in [5.74, 6) is -0.752. The van der Waals surface area contributed by atoms with E-state index in [4.69, 9.17) is 4.74 Å². The van der Waals surface area contributed by atoms with E-state index >= 15 is 0 Å². The maximum atomic E-state index is 12.5. The molecule has 2 rings (SSSR count). The second-order valence-corrected chi connectivity index (χ2v) is 6.71. The Kier molecular flexibility index (Phi) is 6.36. The maximum Gasteiger partial charge on any atom is 0.339 e. The van der Waals surface area contributed by atoms with Crippen LogP contribution in [0.1, 0.15) is 20.7 Å². The van der Waals surface area contributed by atoms with E-state index in [1.807, 2.05) is 30.3 Å². The Hall–Kier alpha value is -1.66. The summed E-state index contributed by atoms with van der Waals surface area (Å²) in [6, 6.07) is 16.3. The number of anilines is 1. The van der Waals surface area contributed by atoms with E-state index in [1.54, 1.807) is 24.3 Å². The van der Waals surface area contributed by atoms with Crippen LogP contribution in [0.4, 0.5) is 5.69 Å². The molecule has 4 nitrogen and oxygen atoms in total. The van der Waals surface area contributed by atoms with Gasteiger partial charge in [-0.1, -0.05) is 74.3 Å². The molecule has 0 fully saturated rings. The normalized spacial score (nSPS) is 13.0. The van der Waals surface area contributed by atoms with Crippen molar-refractivity contribution in [3.8, 4) is 0 Å². The van der Waals surface area contributed by atoms with E-state index in [0.29, 0.717) is 11.3 Å². The number of hydrogen-bond donors (Lipinski definition) is 1. The highest BCUT2D eigenvalue weighted by Crippen LogP contribution is 2.32. The quantitative estimate of drug-likeness (QED) is 0.556. The van der Waals surface area contributed by atoms with Crippen LogP contribution in [0.3, 0.4) is 0 Å². The Morgan fingerprint density at radius 1 is 1.00 bits per heavy atom. The third kappa shape index (κ3) is 4.42. The number of carbonyl (C=O) groups excluding carboxylic acids is 2. The lowest BCUT2D eigenvalue weighted by Crippen LogP contribution is -2.27. The number of ether oxygens (including phenoxy) is 1. The molecular formula is C17H15Br2NO3. The van der Waals surface area contributed by atoms with E-state index in [9.17, 15) is 9.59 Å². The summed E-state index contributed by atoms with van der Waals surface area (Å²) in [5, 5.41) is 2.76. The van der Waals surface area contributed by atoms with Crippen molar-refractivity contribution in [1.29, 1.82) is 0 Å². The highest BCUT2D eigenvalue weighted by atomic mass is 79.9. The molecule has 1 N–H and O–H groups in total. The fourth-order valence-corrected chi connectivity index (χ4v) is 2.99. The van der Waals surface area contributed by atoms with Crippen LogP contribution in [0.5, 0.6) is 0 Å². The summed E-state index contributed by atoms with van der Waals surface area (Å²) in [6.07, 6.45) is 0. The minimum atomic E-state index is -0.504. The summed E-state index contributed by atoms with van der Waals surface area (Å²) in [4.78, 5) is 23.5. The van der Waals surface area contributed by atoms with Crippen LogP contribution in [-0.4, -0.2) is 23.8 Å². The molecule has 0 bridgehead atoms. The molecule has 0 aliphatic heterocycles. The number of esters is 1. The Labute approximate surface area is 151 Å². The molecule has 0 spiro atoms. The van der Waals surface area contributed by atoms with Gasteiger partial charge in [-0.15, -0.1) is 0 Å². The number of alkyl halides is 2. The predicted molar refractivity (Wildman–Crippen MR) is 97.2 cm³/mol. The fourth-order valence-electron chi connectivity index (χ4n) is 2.02. The number of methoxy groups -OCH3 is 1. The van der Waals surface area contributed by atoms with Gasteiger partial charge in [-0.2, -0.15) is 0 Å². The van der Waals surface area contributed by atoms with Crippen molar-refractivity contribution in [1.82, 2.24) is 0 Å². The zero-order valence-electron chi connectivity index (χ0n) is 12.3. The van der Waals surface area contributed by atoms with Gasteiger partial charge in [0.1, 0.15) is 4.83 Å². The highest BCUT2D eigenvalue weighted by Gasteiger charge is 2.26. The van der Waals surface area contributed by atoms with Crippen LogP contribution in [0, 0.1) is 0 Å². The topological polar surface area (TPSA) is 55.4 Å². The number of benzene rings is 2. The van der Waals surface area contributed by atoms with Gasteiger partial charge >= 0.3 is 5.97 Å². The molecule has 23 heavy (non-hydrogen) atoms. The van der Waals surface area contributed by atoms with Crippen LogP contribution in [-0.2, 0) is 9.53 Å². The summed E-state index contributed by atoms with van der Waals surface area (Å²) in [6.45, 7) is 0. The van der Waals surface area contributed by atoms with E-state index in [0.717, 1.165) is 5.56 Å². The highest BCUT2D eigenvalue weighted by molar-refractivity contribution is 9.12. The number of carbonyl (C=O) groups is 2. The SMILES string of the molecule is COC(=O)c1ccccc1NC(=O)[C@H](Br)[C@@H](Br)c1ccccc1. The largest absolute Gasteiger partial charge is 0.465 e. The maximum absolute atomic E-state index is 12.5. The monoisotopic (exact) mass is 439 g/mol. The van der Waals surface area contributed by atoms with Crippen LogP contribution >= 0.6 is 31.9 Å². The van der Waals surface area contributed by atoms with Crippen molar-refractivity contribution >= 4 is 49.4 Å². The Morgan fingerprint density at radius 3 is 2.26 bits per heavy atom. The molecule has 0 heterocycles. The van der Waals surface area contributed by atoms with E-state index in [1.165, 1.54) is 7.11 Å². The fraction of sp³-hybridized carbons (Fsp3) is 0.176. The summed E-state index contributed by atoms with van der Waals surface area (Å²) < 4.78 is 4.72. The van der Waals surface area contributed by atoms with E-state index in [2.05, 4.69) is 37.2 Å². The Balaban J connectivity index is 2.15. The lowest BCUT2D eigenvalue weighted by molar-refractivity contribution is -0.115. The van der Waals surface area contributed by atoms with Gasteiger partial charge in [0.2, 0.25) is 5.91 Å². The standard InChI is InChI=1S/C17H15Br2NO3/c1-23-17(22)12-9-5-6-10-13(12)20-16(21)15(19)14(18)11-7-3-2-4-8-11/h2-10,14-15H,1H3,(H,20,21)/t14-,15+/m0/s1. The first-order chi connectivity index (χ1) is 11.0. The molecule has 120 valence electrons. The zero-order chi connectivity index (χ0) is 16.8. The van der Waals surface area contributed by atoms with Crippen molar-refractivity contribution in [2.45, 2.75) is 9.65 Å². The lowest BCUT2D eigenvalue weighted by atomic mass is 10.1. The second-order valence-electron chi connectivity index (χ2n) is 4.74. The van der Waals surface area contributed by atoms with Gasteiger partial charge in [0.15, 0.2) is 0 Å². The van der Waals surface area contributed by atoms with Gasteiger partial charge < -0.3 is 10.1 Å². The molecule has 2 atom stereocenters. The average Bonchev–Trinajstić information content (AvgIpc) is 2.61. The van der Waals surface area contributed by atoms with Gasteiger partial charge in [0.25, 0.3) is 0 Å². The Morgan fingerprint density at radius 2 is 1.61 bits per heavy atom. The number of halogens is 2. The predicted octanol–water partition coefficient (Wildman–Crippen LogP) is 4.31. The molecule has 0 unspecified atom stereocenters. The smallest absolute Gasteiger partial charge is 0.339 e. The third-order valence-corrected chi connectivity index (χ3v) is 5.93. The molecule has 6 heteroatoms. The minimum Gasteiger partial charge on any atom is -0.465 e. The van der Waals surface area contributed by atoms with Crippen molar-refractivity contribution in [2.75, 3.05) is 12.4 Å². The van der Waals surface area contributed by atoms with Gasteiger partial charge in [0.05, 0.1) is 23.2 Å². The lowest BCUT2D eigenvalue weighted by Gasteiger charge is -2.18. The first-order valence-corrected chi connectivity index (χ1v) is 8.69. The van der Waals surface area contributed by atoms with Gasteiger partial charge in [-0.25, -0.2) is 4.79 Å². The van der Waals surface area contributed by atoms with Crippen LogP contribution < -0.4 is 5.32 Å². The van der Waals surface area contributed by atoms with Gasteiger partial charge in [0, 0.05) is 0 Å². The molecule has 0 aromatic heterocycles. The first kappa shape index (κ1) is 17.7. The van der Waals surface area contributed by atoms with Gasteiger partial charge in [-0.05, 0) is 17.7 Å². The van der Waals surface area contributed by atoms with Crippen molar-refractivity contribution in [2.24, 2.45) is 0 Å². The molecule has 0 saturated heterocycles. The second kappa shape index (κ2) is 8.26. The van der Waals surface area contributed by atoms with Crippen LogP contribution in [0.2, 0.25) is 0 Å². The van der Waals surface area contributed by atoms with Crippen molar-refractivity contribution in [3.05, 3.63) is 65.7 Å². The number of hydrogen-bond acceptors (Lipinski definition) is 3. The van der Waals surface area contributed by atoms with Crippen molar-refractivity contribution < 1.29 is 14.3 Å². The zero-order valence-corrected chi connectivity index (χ0v) is 15.5. The molecule has 0 radical (unpaired) electrons. The van der Waals surface area contributed by atoms with E-state index < -0.39 is 10.8 Å². The molecule has 2 aromatic rings.